The van der Waals surface area contributed by atoms with Gasteiger partial charge in [-0.2, -0.15) is 0 Å². The average molecular weight is 422 g/mol. The van der Waals surface area contributed by atoms with Crippen LogP contribution in [-0.2, 0) is 0 Å². The third-order valence-corrected chi connectivity index (χ3v) is 6.18. The van der Waals surface area contributed by atoms with Crippen LogP contribution < -0.4 is 30.7 Å². The van der Waals surface area contributed by atoms with Gasteiger partial charge in [-0.05, 0) is 52.4 Å². The van der Waals surface area contributed by atoms with Gasteiger partial charge in [-0.25, -0.2) is 0 Å². The van der Waals surface area contributed by atoms with Crippen LogP contribution in [-0.4, -0.2) is 63.8 Å². The number of halogens is 1. The summed E-state index contributed by atoms with van der Waals surface area (Å²) in [6.07, 6.45) is 5.49. The Balaban J connectivity index is 1.68. The smallest absolute Gasteiger partial charge is 0.170 e. The maximum absolute atomic E-state index is 6.97. The summed E-state index contributed by atoms with van der Waals surface area (Å²) in [6.45, 7) is 5.27. The maximum atomic E-state index is 6.97. The van der Waals surface area contributed by atoms with Gasteiger partial charge in [-0.3, -0.25) is 10.6 Å². The van der Waals surface area contributed by atoms with Crippen molar-refractivity contribution in [1.29, 1.82) is 0 Å². The van der Waals surface area contributed by atoms with E-state index >= 15 is 0 Å². The van der Waals surface area contributed by atoms with Gasteiger partial charge in [-0.15, -0.1) is 0 Å². The van der Waals surface area contributed by atoms with Crippen molar-refractivity contribution in [3.05, 3.63) is 22.7 Å². The Morgan fingerprint density at radius 1 is 1.24 bits per heavy atom. The number of nitrogens with one attached hydrogen (secondary N) is 4. The van der Waals surface area contributed by atoms with Gasteiger partial charge in [-0.1, -0.05) is 17.7 Å². The number of allylic oxidation sites excluding steroid dienone is 1. The van der Waals surface area contributed by atoms with Gasteiger partial charge in [0.2, 0.25) is 0 Å². The third-order valence-electron chi connectivity index (χ3n) is 5.78. The van der Waals surface area contributed by atoms with E-state index in [2.05, 4.69) is 46.2 Å². The molecule has 0 aromatic heterocycles. The molecule has 1 aromatic carbocycles. The molecular formula is C21H32ClN5O2. The normalized spacial score (nSPS) is 27.9. The first-order valence-electron chi connectivity index (χ1n) is 10.5. The number of fused-ring (bicyclic) bond motifs is 1. The summed E-state index contributed by atoms with van der Waals surface area (Å²) in [7, 11) is 4.12. The molecule has 0 radical (unpaired) electrons. The van der Waals surface area contributed by atoms with E-state index in [4.69, 9.17) is 21.1 Å². The van der Waals surface area contributed by atoms with E-state index in [9.17, 15) is 0 Å². The van der Waals surface area contributed by atoms with E-state index in [-0.39, 0.29) is 12.5 Å². The van der Waals surface area contributed by atoms with E-state index in [1.807, 2.05) is 13.1 Å². The number of hydrogen-bond acceptors (Lipinski definition) is 7. The Morgan fingerprint density at radius 3 is 2.90 bits per heavy atom. The van der Waals surface area contributed by atoms with E-state index in [0.717, 1.165) is 55.1 Å². The van der Waals surface area contributed by atoms with Crippen LogP contribution in [0, 0.1) is 0 Å². The van der Waals surface area contributed by atoms with Crippen LogP contribution in [0.3, 0.4) is 0 Å². The fraction of sp³-hybridized carbons (Fsp3) is 0.619. The zero-order valence-electron chi connectivity index (χ0n) is 17.5. The van der Waals surface area contributed by atoms with Crippen LogP contribution in [0.5, 0.6) is 11.5 Å². The molecule has 0 spiro atoms. The molecule has 160 valence electrons. The van der Waals surface area contributed by atoms with Gasteiger partial charge in [0.25, 0.3) is 0 Å². The third kappa shape index (κ3) is 4.64. The predicted octanol–water partition coefficient (Wildman–Crippen LogP) is 2.43. The summed E-state index contributed by atoms with van der Waals surface area (Å²) in [4.78, 5) is 2.32. The number of ether oxygens (including phenoxy) is 2. The fourth-order valence-electron chi connectivity index (χ4n) is 4.24. The highest BCUT2D eigenvalue weighted by molar-refractivity contribution is 6.35. The van der Waals surface area contributed by atoms with Gasteiger partial charge < -0.3 is 25.0 Å². The van der Waals surface area contributed by atoms with E-state index in [0.29, 0.717) is 24.3 Å². The van der Waals surface area contributed by atoms with Gasteiger partial charge in [0, 0.05) is 24.2 Å². The Kier molecular flexibility index (Phi) is 6.51. The average Bonchev–Trinajstić information content (AvgIpc) is 2.92. The fourth-order valence-corrected chi connectivity index (χ4v) is 4.56. The van der Waals surface area contributed by atoms with Crippen LogP contribution in [0.4, 0.5) is 5.69 Å². The molecule has 8 heteroatoms. The van der Waals surface area contributed by atoms with E-state index in [1.54, 1.807) is 0 Å². The van der Waals surface area contributed by atoms with Crippen molar-refractivity contribution in [1.82, 2.24) is 20.9 Å². The van der Waals surface area contributed by atoms with Crippen molar-refractivity contribution >= 4 is 22.9 Å². The minimum absolute atomic E-state index is 0.0987. The number of nitrogens with zero attached hydrogens (tertiary/aromatic N) is 1. The summed E-state index contributed by atoms with van der Waals surface area (Å²) >= 11 is 6.97. The molecule has 4 N–H and O–H groups in total. The van der Waals surface area contributed by atoms with Crippen LogP contribution in [0.1, 0.15) is 31.7 Å². The Morgan fingerprint density at radius 2 is 2.07 bits per heavy atom. The molecule has 0 saturated carbocycles. The van der Waals surface area contributed by atoms with Crippen LogP contribution in [0.25, 0.3) is 5.57 Å². The van der Waals surface area contributed by atoms with Crippen molar-refractivity contribution < 1.29 is 9.47 Å². The lowest BCUT2D eigenvalue weighted by Gasteiger charge is -2.37. The van der Waals surface area contributed by atoms with Crippen molar-refractivity contribution in [3.63, 3.8) is 0 Å². The Hall–Kier alpha value is -1.51. The standard InChI is InChI=1S/C21H32ClN5O2/c1-13-11-17(23-2)26-21(24-13)25-15-12-16-20(29-10-9-28-16)18(19(15)22)14-5-4-7-27(3)8-6-14/h6,12-13,17,21,23-26H,4-5,7-11H2,1-3H3. The van der Waals surface area contributed by atoms with Gasteiger partial charge >= 0.3 is 0 Å². The summed E-state index contributed by atoms with van der Waals surface area (Å²) in [6, 6.07) is 2.34. The Bertz CT molecular complexity index is 772. The summed E-state index contributed by atoms with van der Waals surface area (Å²) in [5.41, 5.74) is 3.05. The topological polar surface area (TPSA) is 69.8 Å². The number of likely N-dealkylation sites (N-methyl/N-ethyl adjacent to an activating group) is 1. The minimum Gasteiger partial charge on any atom is -0.486 e. The van der Waals surface area contributed by atoms with Crippen molar-refractivity contribution in [2.24, 2.45) is 0 Å². The maximum Gasteiger partial charge on any atom is 0.170 e. The van der Waals surface area contributed by atoms with E-state index in [1.165, 1.54) is 5.57 Å². The molecule has 1 aromatic rings. The lowest BCUT2D eigenvalue weighted by molar-refractivity contribution is 0.171. The molecule has 0 amide bonds. The number of hydrogen-bond donors (Lipinski definition) is 4. The Labute approximate surface area is 178 Å². The highest BCUT2D eigenvalue weighted by Crippen LogP contribution is 2.47. The highest BCUT2D eigenvalue weighted by atomic mass is 35.5. The first kappa shape index (κ1) is 20.8. The van der Waals surface area contributed by atoms with Gasteiger partial charge in [0.05, 0.1) is 16.9 Å². The van der Waals surface area contributed by atoms with Gasteiger partial charge in [0.15, 0.2) is 11.5 Å². The molecule has 4 rings (SSSR count). The van der Waals surface area contributed by atoms with Crippen molar-refractivity contribution in [2.45, 2.75) is 44.7 Å². The largest absolute Gasteiger partial charge is 0.486 e. The molecule has 3 aliphatic rings. The molecule has 3 aliphatic heterocycles. The van der Waals surface area contributed by atoms with Crippen molar-refractivity contribution in [3.8, 4) is 11.5 Å². The van der Waals surface area contributed by atoms with E-state index < -0.39 is 0 Å². The molecule has 3 unspecified atom stereocenters. The SMILES string of the molecule is CNC1CC(C)NC(Nc2cc3c(c(C4=CCN(C)CCC4)c2Cl)OCCO3)N1. The number of rotatable bonds is 4. The predicted molar refractivity (Wildman–Crippen MR) is 118 cm³/mol. The molecule has 7 nitrogen and oxygen atoms in total. The lowest BCUT2D eigenvalue weighted by atomic mass is 9.98. The minimum atomic E-state index is -0.0987. The first-order valence-corrected chi connectivity index (χ1v) is 10.9. The molecule has 3 atom stereocenters. The molecule has 0 aliphatic carbocycles. The first-order chi connectivity index (χ1) is 14.0. The molecule has 1 saturated heterocycles. The lowest BCUT2D eigenvalue weighted by Crippen LogP contribution is -2.63. The molecule has 29 heavy (non-hydrogen) atoms. The zero-order chi connectivity index (χ0) is 20.4. The summed E-state index contributed by atoms with van der Waals surface area (Å²) < 4.78 is 12.0. The second-order valence-electron chi connectivity index (χ2n) is 8.12. The molecular weight excluding hydrogens is 390 g/mol. The van der Waals surface area contributed by atoms with Crippen molar-refractivity contribution in [2.75, 3.05) is 45.7 Å². The number of benzene rings is 1. The molecule has 0 bridgehead atoms. The second kappa shape index (κ2) is 9.10. The van der Waals surface area contributed by atoms with Gasteiger partial charge in [0.1, 0.15) is 19.5 Å². The zero-order valence-corrected chi connectivity index (χ0v) is 18.2. The van der Waals surface area contributed by atoms with Crippen LogP contribution in [0.15, 0.2) is 12.1 Å². The molecule has 3 heterocycles. The quantitative estimate of drug-likeness (QED) is 0.595. The monoisotopic (exact) mass is 421 g/mol. The second-order valence-corrected chi connectivity index (χ2v) is 8.50. The van der Waals surface area contributed by atoms with Crippen LogP contribution in [0.2, 0.25) is 5.02 Å². The van der Waals surface area contributed by atoms with Crippen LogP contribution >= 0.6 is 11.6 Å². The summed E-state index contributed by atoms with van der Waals surface area (Å²) in [5.74, 6) is 1.53. The number of anilines is 1. The summed E-state index contributed by atoms with van der Waals surface area (Å²) in [5, 5.41) is 14.6. The highest BCUT2D eigenvalue weighted by Gasteiger charge is 2.28. The molecule has 1 fully saturated rings.